The fraction of sp³-hybridized carbons (Fsp3) is 0.688. The largest absolute Gasteiger partial charge is 0.379 e. The standard InChI is InChI=1S/C16H28N4O.HI/c1-4-17-16(18-9-11-21-13-14-7-8-14)20(3)12-15-6-5-10-19(15)2;/h5-6,10,14H,4,7-9,11-13H2,1-3H3,(H,17,18);1H. The molecule has 1 N–H and O–H groups in total. The number of hydrogen-bond donors (Lipinski definition) is 1. The summed E-state index contributed by atoms with van der Waals surface area (Å²) in [5.74, 6) is 1.76. The first-order chi connectivity index (χ1) is 10.2. The van der Waals surface area contributed by atoms with Crippen molar-refractivity contribution in [2.24, 2.45) is 18.0 Å². The maximum absolute atomic E-state index is 5.63. The Kier molecular flexibility index (Phi) is 8.85. The number of nitrogens with one attached hydrogen (secondary N) is 1. The number of aliphatic imine (C=N–C) groups is 1. The molecule has 0 amide bonds. The van der Waals surface area contributed by atoms with Crippen LogP contribution in [0.3, 0.4) is 0 Å². The number of hydrogen-bond acceptors (Lipinski definition) is 2. The van der Waals surface area contributed by atoms with Gasteiger partial charge in [0.15, 0.2) is 5.96 Å². The second kappa shape index (κ2) is 10.1. The monoisotopic (exact) mass is 420 g/mol. The van der Waals surface area contributed by atoms with E-state index in [9.17, 15) is 0 Å². The molecule has 0 aromatic carbocycles. The van der Waals surface area contributed by atoms with Gasteiger partial charge in [0, 0.05) is 39.1 Å². The van der Waals surface area contributed by atoms with E-state index in [2.05, 4.69) is 59.1 Å². The number of aromatic nitrogens is 1. The van der Waals surface area contributed by atoms with Crippen LogP contribution in [0, 0.1) is 5.92 Å². The number of guanidine groups is 1. The highest BCUT2D eigenvalue weighted by molar-refractivity contribution is 14.0. The Morgan fingerprint density at radius 1 is 1.50 bits per heavy atom. The Morgan fingerprint density at radius 2 is 2.27 bits per heavy atom. The van der Waals surface area contributed by atoms with Gasteiger partial charge in [-0.05, 0) is 37.8 Å². The van der Waals surface area contributed by atoms with Gasteiger partial charge in [0.05, 0.1) is 19.7 Å². The van der Waals surface area contributed by atoms with Crippen molar-refractivity contribution in [1.82, 2.24) is 14.8 Å². The van der Waals surface area contributed by atoms with Gasteiger partial charge in [-0.15, -0.1) is 24.0 Å². The van der Waals surface area contributed by atoms with Crippen LogP contribution in [-0.2, 0) is 18.3 Å². The number of rotatable bonds is 8. The minimum Gasteiger partial charge on any atom is -0.379 e. The Labute approximate surface area is 151 Å². The third kappa shape index (κ3) is 6.56. The molecule has 0 aliphatic heterocycles. The second-order valence-electron chi connectivity index (χ2n) is 5.72. The molecular formula is C16H29IN4O. The highest BCUT2D eigenvalue weighted by Crippen LogP contribution is 2.28. The molecule has 5 nitrogen and oxygen atoms in total. The van der Waals surface area contributed by atoms with Gasteiger partial charge >= 0.3 is 0 Å². The summed E-state index contributed by atoms with van der Waals surface area (Å²) >= 11 is 0. The third-order valence-corrected chi connectivity index (χ3v) is 3.69. The highest BCUT2D eigenvalue weighted by atomic mass is 127. The van der Waals surface area contributed by atoms with E-state index in [1.54, 1.807) is 0 Å². The summed E-state index contributed by atoms with van der Waals surface area (Å²) in [6.45, 7) is 6.15. The molecule has 1 saturated carbocycles. The van der Waals surface area contributed by atoms with Crippen molar-refractivity contribution in [2.45, 2.75) is 26.3 Å². The zero-order valence-electron chi connectivity index (χ0n) is 13.9. The summed E-state index contributed by atoms with van der Waals surface area (Å²) in [4.78, 5) is 6.79. The van der Waals surface area contributed by atoms with Gasteiger partial charge in [-0.1, -0.05) is 0 Å². The smallest absolute Gasteiger partial charge is 0.194 e. The lowest BCUT2D eigenvalue weighted by Crippen LogP contribution is -2.39. The summed E-state index contributed by atoms with van der Waals surface area (Å²) < 4.78 is 7.77. The molecule has 0 radical (unpaired) electrons. The van der Waals surface area contributed by atoms with E-state index in [1.165, 1.54) is 18.5 Å². The van der Waals surface area contributed by atoms with Crippen LogP contribution < -0.4 is 5.32 Å². The zero-order valence-corrected chi connectivity index (χ0v) is 16.2. The van der Waals surface area contributed by atoms with Crippen molar-refractivity contribution < 1.29 is 4.74 Å². The molecular weight excluding hydrogens is 391 g/mol. The molecule has 1 aliphatic carbocycles. The van der Waals surface area contributed by atoms with Crippen molar-refractivity contribution in [2.75, 3.05) is 33.4 Å². The third-order valence-electron chi connectivity index (χ3n) is 3.69. The molecule has 0 saturated heterocycles. The number of aryl methyl sites for hydroxylation is 1. The maximum Gasteiger partial charge on any atom is 0.194 e. The van der Waals surface area contributed by atoms with Crippen LogP contribution in [0.25, 0.3) is 0 Å². The van der Waals surface area contributed by atoms with Crippen LogP contribution in [0.5, 0.6) is 0 Å². The molecule has 6 heteroatoms. The first kappa shape index (κ1) is 19.3. The van der Waals surface area contributed by atoms with E-state index >= 15 is 0 Å². The van der Waals surface area contributed by atoms with Crippen LogP contribution in [0.1, 0.15) is 25.5 Å². The molecule has 1 aliphatic rings. The quantitative estimate of drug-likeness (QED) is 0.304. The second-order valence-corrected chi connectivity index (χ2v) is 5.72. The first-order valence-electron chi connectivity index (χ1n) is 7.88. The minimum atomic E-state index is 0. The van der Waals surface area contributed by atoms with E-state index in [1.807, 2.05) is 0 Å². The van der Waals surface area contributed by atoms with E-state index in [0.29, 0.717) is 13.2 Å². The fourth-order valence-corrected chi connectivity index (χ4v) is 2.20. The summed E-state index contributed by atoms with van der Waals surface area (Å²) in [6, 6.07) is 4.21. The molecule has 1 heterocycles. The average Bonchev–Trinajstić information content (AvgIpc) is 3.21. The minimum absolute atomic E-state index is 0. The van der Waals surface area contributed by atoms with Crippen molar-refractivity contribution in [3.05, 3.63) is 24.0 Å². The van der Waals surface area contributed by atoms with Crippen molar-refractivity contribution in [1.29, 1.82) is 0 Å². The summed E-state index contributed by atoms with van der Waals surface area (Å²) in [5.41, 5.74) is 1.27. The molecule has 0 bridgehead atoms. The zero-order chi connectivity index (χ0) is 15.1. The van der Waals surface area contributed by atoms with E-state index in [0.717, 1.165) is 31.6 Å². The van der Waals surface area contributed by atoms with Crippen LogP contribution in [0.15, 0.2) is 23.3 Å². The Balaban J connectivity index is 0.00000242. The summed E-state index contributed by atoms with van der Waals surface area (Å²) in [7, 11) is 4.14. The predicted octanol–water partition coefficient (Wildman–Crippen LogP) is 2.47. The molecule has 2 rings (SSSR count). The highest BCUT2D eigenvalue weighted by Gasteiger charge is 2.20. The van der Waals surface area contributed by atoms with Crippen LogP contribution in [0.4, 0.5) is 0 Å². The predicted molar refractivity (Wildman–Crippen MR) is 102 cm³/mol. The number of nitrogens with zero attached hydrogens (tertiary/aromatic N) is 3. The Bertz CT molecular complexity index is 457. The van der Waals surface area contributed by atoms with Crippen LogP contribution in [-0.4, -0.2) is 48.8 Å². The number of halogens is 1. The van der Waals surface area contributed by atoms with Crippen molar-refractivity contribution in [3.8, 4) is 0 Å². The average molecular weight is 420 g/mol. The Morgan fingerprint density at radius 3 is 2.86 bits per heavy atom. The SMILES string of the molecule is CCNC(=NCCOCC1CC1)N(C)Cc1cccn1C.I. The maximum atomic E-state index is 5.63. The van der Waals surface area contributed by atoms with E-state index in [-0.39, 0.29) is 24.0 Å². The number of ether oxygens (including phenoxy) is 1. The summed E-state index contributed by atoms with van der Waals surface area (Å²) in [6.07, 6.45) is 4.75. The molecule has 0 unspecified atom stereocenters. The van der Waals surface area contributed by atoms with E-state index < -0.39 is 0 Å². The molecule has 0 atom stereocenters. The lowest BCUT2D eigenvalue weighted by molar-refractivity contribution is 0.131. The first-order valence-corrected chi connectivity index (χ1v) is 7.88. The topological polar surface area (TPSA) is 41.8 Å². The Hall–Kier alpha value is -0.760. The van der Waals surface area contributed by atoms with Gasteiger partial charge in [0.2, 0.25) is 0 Å². The fourth-order valence-electron chi connectivity index (χ4n) is 2.20. The van der Waals surface area contributed by atoms with Gasteiger partial charge in [-0.3, -0.25) is 4.99 Å². The van der Waals surface area contributed by atoms with Gasteiger partial charge in [-0.2, -0.15) is 0 Å². The van der Waals surface area contributed by atoms with Gasteiger partial charge in [0.1, 0.15) is 0 Å². The lowest BCUT2D eigenvalue weighted by Gasteiger charge is -2.22. The van der Waals surface area contributed by atoms with Crippen LogP contribution in [0.2, 0.25) is 0 Å². The molecule has 1 aromatic heterocycles. The van der Waals surface area contributed by atoms with Gasteiger partial charge in [-0.25, -0.2) is 0 Å². The molecule has 1 fully saturated rings. The molecule has 22 heavy (non-hydrogen) atoms. The van der Waals surface area contributed by atoms with Crippen molar-refractivity contribution >= 4 is 29.9 Å². The molecule has 1 aromatic rings. The van der Waals surface area contributed by atoms with E-state index in [4.69, 9.17) is 4.74 Å². The molecule has 126 valence electrons. The lowest BCUT2D eigenvalue weighted by atomic mass is 10.4. The van der Waals surface area contributed by atoms with Gasteiger partial charge < -0.3 is 19.5 Å². The van der Waals surface area contributed by atoms with Crippen LogP contribution >= 0.6 is 24.0 Å². The van der Waals surface area contributed by atoms with Gasteiger partial charge in [0.25, 0.3) is 0 Å². The normalized spacial score (nSPS) is 14.6. The summed E-state index contributed by atoms with van der Waals surface area (Å²) in [5, 5.41) is 3.34. The van der Waals surface area contributed by atoms with Crippen molar-refractivity contribution in [3.63, 3.8) is 0 Å². The molecule has 0 spiro atoms.